The molecule has 0 aromatic heterocycles. The summed E-state index contributed by atoms with van der Waals surface area (Å²) in [5.74, 6) is 2.59. The summed E-state index contributed by atoms with van der Waals surface area (Å²) in [5.41, 5.74) is 0.804. The molecule has 2 fully saturated rings. The van der Waals surface area contributed by atoms with Crippen molar-refractivity contribution in [2.24, 2.45) is 23.2 Å². The van der Waals surface area contributed by atoms with Gasteiger partial charge in [-0.15, -0.1) is 0 Å². The lowest BCUT2D eigenvalue weighted by Gasteiger charge is -2.46. The fourth-order valence-corrected chi connectivity index (χ4v) is 5.12. The van der Waals surface area contributed by atoms with Crippen LogP contribution in [0.25, 0.3) is 0 Å². The van der Waals surface area contributed by atoms with Crippen LogP contribution >= 0.6 is 0 Å². The zero-order chi connectivity index (χ0) is 19.5. The lowest BCUT2D eigenvalue weighted by Crippen LogP contribution is -2.51. The van der Waals surface area contributed by atoms with Crippen LogP contribution in [0.2, 0.25) is 0 Å². The first-order valence-electron chi connectivity index (χ1n) is 11.5. The maximum atomic E-state index is 2.81. The molecular weight excluding hydrogens is 316 g/mol. The van der Waals surface area contributed by atoms with Crippen LogP contribution in [0, 0.1) is 23.2 Å². The van der Waals surface area contributed by atoms with Crippen molar-refractivity contribution < 1.29 is 0 Å². The quantitative estimate of drug-likeness (QED) is 0.565. The molecule has 2 aliphatic heterocycles. The van der Waals surface area contributed by atoms with E-state index in [1.807, 2.05) is 0 Å². The maximum Gasteiger partial charge on any atom is 0.0153 e. The van der Waals surface area contributed by atoms with Crippen LogP contribution in [0.5, 0.6) is 0 Å². The zero-order valence-corrected chi connectivity index (χ0v) is 19.3. The molecule has 2 heterocycles. The predicted octanol–water partition coefficient (Wildman–Crippen LogP) is 6.06. The highest BCUT2D eigenvalue weighted by atomic mass is 15.2. The van der Waals surface area contributed by atoms with Gasteiger partial charge in [0.2, 0.25) is 0 Å². The smallest absolute Gasteiger partial charge is 0.0153 e. The lowest BCUT2D eigenvalue weighted by atomic mass is 9.76. The van der Waals surface area contributed by atoms with E-state index in [0.29, 0.717) is 11.0 Å². The van der Waals surface area contributed by atoms with Gasteiger partial charge < -0.3 is 4.90 Å². The van der Waals surface area contributed by atoms with Crippen molar-refractivity contribution in [2.45, 2.75) is 105 Å². The third-order valence-corrected chi connectivity index (χ3v) is 7.73. The average Bonchev–Trinajstić information content (AvgIpc) is 2.59. The van der Waals surface area contributed by atoms with Gasteiger partial charge >= 0.3 is 0 Å². The number of nitrogens with zero attached hydrogens (tertiary/aromatic N) is 2. The van der Waals surface area contributed by atoms with Crippen molar-refractivity contribution in [3.8, 4) is 0 Å². The molecule has 0 radical (unpaired) electrons. The Labute approximate surface area is 165 Å². The van der Waals surface area contributed by atoms with Crippen molar-refractivity contribution in [1.82, 2.24) is 9.80 Å². The fraction of sp³-hybridized carbons (Fsp3) is 1.00. The van der Waals surface area contributed by atoms with E-state index in [9.17, 15) is 0 Å². The summed E-state index contributed by atoms with van der Waals surface area (Å²) >= 11 is 0. The number of rotatable bonds is 6. The first-order chi connectivity index (χ1) is 12.0. The summed E-state index contributed by atoms with van der Waals surface area (Å²) in [6.07, 6.45) is 8.30. The Morgan fingerprint density at radius 1 is 0.885 bits per heavy atom. The minimum absolute atomic E-state index is 0.348. The third-order valence-electron chi connectivity index (χ3n) is 7.73. The number of piperidine rings is 2. The minimum Gasteiger partial charge on any atom is -0.300 e. The molecule has 2 heteroatoms. The monoisotopic (exact) mass is 364 g/mol. The van der Waals surface area contributed by atoms with Crippen LogP contribution in [0.3, 0.4) is 0 Å². The van der Waals surface area contributed by atoms with Crippen LogP contribution < -0.4 is 0 Å². The Balaban J connectivity index is 1.86. The van der Waals surface area contributed by atoms with Crippen molar-refractivity contribution in [1.29, 1.82) is 0 Å². The van der Waals surface area contributed by atoms with Crippen molar-refractivity contribution in [3.63, 3.8) is 0 Å². The molecule has 3 unspecified atom stereocenters. The Morgan fingerprint density at radius 3 is 2.15 bits per heavy atom. The largest absolute Gasteiger partial charge is 0.300 e. The fourth-order valence-electron chi connectivity index (χ4n) is 5.12. The summed E-state index contributed by atoms with van der Waals surface area (Å²) in [7, 11) is 0. The Morgan fingerprint density at radius 2 is 1.54 bits per heavy atom. The van der Waals surface area contributed by atoms with Gasteiger partial charge in [-0.3, -0.25) is 4.90 Å². The molecular formula is C24H48N2. The van der Waals surface area contributed by atoms with E-state index in [-0.39, 0.29) is 0 Å². The van der Waals surface area contributed by atoms with E-state index in [4.69, 9.17) is 0 Å². The van der Waals surface area contributed by atoms with Gasteiger partial charge in [0.05, 0.1) is 0 Å². The summed E-state index contributed by atoms with van der Waals surface area (Å²) in [4.78, 5) is 5.60. The van der Waals surface area contributed by atoms with E-state index in [1.54, 1.807) is 0 Å². The van der Waals surface area contributed by atoms with Crippen LogP contribution in [0.1, 0.15) is 93.9 Å². The summed E-state index contributed by atoms with van der Waals surface area (Å²) in [5, 5.41) is 0. The topological polar surface area (TPSA) is 6.48 Å². The molecule has 2 saturated heterocycles. The molecule has 0 bridgehead atoms. The summed E-state index contributed by atoms with van der Waals surface area (Å²) in [6, 6.07) is 0.727. The van der Waals surface area contributed by atoms with Gasteiger partial charge in [0.15, 0.2) is 0 Å². The number of likely N-dealkylation sites (tertiary alicyclic amines) is 2. The van der Waals surface area contributed by atoms with Gasteiger partial charge in [0.25, 0.3) is 0 Å². The van der Waals surface area contributed by atoms with Gasteiger partial charge in [-0.2, -0.15) is 0 Å². The molecule has 0 N–H and O–H groups in total. The molecule has 0 spiro atoms. The standard InChI is InChI=1S/C24H48N2/c1-19(2)21-11-9-16-26(17-21)24(7,8)14-13-20(3)25-15-10-12-22(18-25)23(4,5)6/h19-22H,9-18H2,1-8H3. The highest BCUT2D eigenvalue weighted by Gasteiger charge is 2.34. The maximum absolute atomic E-state index is 2.81. The molecule has 2 nitrogen and oxygen atoms in total. The number of hydrogen-bond donors (Lipinski definition) is 0. The first kappa shape index (κ1) is 22.2. The Kier molecular flexibility index (Phi) is 7.64. The zero-order valence-electron chi connectivity index (χ0n) is 19.3. The van der Waals surface area contributed by atoms with E-state index in [0.717, 1.165) is 23.8 Å². The molecule has 3 atom stereocenters. The van der Waals surface area contributed by atoms with E-state index in [2.05, 4.69) is 65.2 Å². The van der Waals surface area contributed by atoms with Crippen LogP contribution in [0.4, 0.5) is 0 Å². The van der Waals surface area contributed by atoms with Crippen molar-refractivity contribution >= 4 is 0 Å². The average molecular weight is 365 g/mol. The van der Waals surface area contributed by atoms with Gasteiger partial charge in [0, 0.05) is 24.7 Å². The molecule has 0 amide bonds. The molecule has 0 saturated carbocycles. The van der Waals surface area contributed by atoms with Gasteiger partial charge in [-0.05, 0) is 95.6 Å². The second-order valence-corrected chi connectivity index (χ2v) is 11.5. The molecule has 2 aliphatic rings. The molecule has 26 heavy (non-hydrogen) atoms. The van der Waals surface area contributed by atoms with Crippen molar-refractivity contribution in [3.05, 3.63) is 0 Å². The molecule has 0 aromatic carbocycles. The molecule has 2 rings (SSSR count). The first-order valence-corrected chi connectivity index (χ1v) is 11.5. The second kappa shape index (κ2) is 8.95. The van der Waals surface area contributed by atoms with Gasteiger partial charge in [-0.1, -0.05) is 34.6 Å². The Hall–Kier alpha value is -0.0800. The third kappa shape index (κ3) is 5.96. The Bertz CT molecular complexity index is 420. The lowest BCUT2D eigenvalue weighted by molar-refractivity contribution is 0.0321. The van der Waals surface area contributed by atoms with E-state index >= 15 is 0 Å². The summed E-state index contributed by atoms with van der Waals surface area (Å²) < 4.78 is 0. The second-order valence-electron chi connectivity index (χ2n) is 11.5. The minimum atomic E-state index is 0.348. The van der Waals surface area contributed by atoms with Gasteiger partial charge in [-0.25, -0.2) is 0 Å². The van der Waals surface area contributed by atoms with Crippen LogP contribution in [-0.2, 0) is 0 Å². The SMILES string of the molecule is CC(C)C1CCCN(C(C)(C)CCC(C)N2CCCC(C(C)(C)C)C2)C1. The van der Waals surface area contributed by atoms with E-state index < -0.39 is 0 Å². The highest BCUT2D eigenvalue weighted by molar-refractivity contribution is 4.89. The molecule has 0 aliphatic carbocycles. The van der Waals surface area contributed by atoms with Crippen molar-refractivity contribution in [2.75, 3.05) is 26.2 Å². The summed E-state index contributed by atoms with van der Waals surface area (Å²) in [6.45, 7) is 24.8. The molecule has 154 valence electrons. The van der Waals surface area contributed by atoms with E-state index in [1.165, 1.54) is 64.7 Å². The highest BCUT2D eigenvalue weighted by Crippen LogP contribution is 2.35. The predicted molar refractivity (Wildman–Crippen MR) is 116 cm³/mol. The van der Waals surface area contributed by atoms with Gasteiger partial charge in [0.1, 0.15) is 0 Å². The van der Waals surface area contributed by atoms with Crippen LogP contribution in [-0.4, -0.2) is 47.6 Å². The van der Waals surface area contributed by atoms with Crippen LogP contribution in [0.15, 0.2) is 0 Å². The number of hydrogen-bond acceptors (Lipinski definition) is 2. The normalized spacial score (nSPS) is 28.5. The molecule has 0 aromatic rings.